The Bertz CT molecular complexity index is 984. The molecule has 1 aromatic heterocycles. The van der Waals surface area contributed by atoms with Gasteiger partial charge in [0.05, 0.1) is 10.5 Å². The van der Waals surface area contributed by atoms with Crippen LogP contribution in [0.3, 0.4) is 0 Å². The monoisotopic (exact) mass is 403 g/mol. The normalized spacial score (nSPS) is 14.8. The summed E-state index contributed by atoms with van der Waals surface area (Å²) in [4.78, 5) is 13.6. The van der Waals surface area contributed by atoms with Crippen molar-refractivity contribution in [3.8, 4) is 6.07 Å². The lowest BCUT2D eigenvalue weighted by Crippen LogP contribution is -2.32. The first-order valence-corrected chi connectivity index (χ1v) is 11.2. The fraction of sp³-hybridized carbons (Fsp3) is 0.368. The molecule has 0 saturated heterocycles. The second kappa shape index (κ2) is 8.21. The molecule has 1 aromatic carbocycles. The van der Waals surface area contributed by atoms with Crippen LogP contribution in [0.4, 0.5) is 5.00 Å². The van der Waals surface area contributed by atoms with Crippen LogP contribution in [-0.2, 0) is 16.4 Å². The van der Waals surface area contributed by atoms with Crippen molar-refractivity contribution in [2.45, 2.75) is 50.0 Å². The zero-order chi connectivity index (χ0) is 19.4. The van der Waals surface area contributed by atoms with Crippen molar-refractivity contribution in [2.24, 2.45) is 0 Å². The number of nitriles is 1. The van der Waals surface area contributed by atoms with Gasteiger partial charge < -0.3 is 5.32 Å². The van der Waals surface area contributed by atoms with E-state index in [9.17, 15) is 18.5 Å². The molecule has 0 bridgehead atoms. The van der Waals surface area contributed by atoms with Crippen molar-refractivity contribution in [1.82, 2.24) is 4.72 Å². The minimum atomic E-state index is -3.66. The van der Waals surface area contributed by atoms with Gasteiger partial charge in [-0.2, -0.15) is 5.26 Å². The maximum atomic E-state index is 12.6. The van der Waals surface area contributed by atoms with E-state index in [-0.39, 0.29) is 16.5 Å². The molecule has 1 aliphatic rings. The Hall–Kier alpha value is -2.21. The maximum Gasteiger partial charge on any atom is 0.256 e. The van der Waals surface area contributed by atoms with E-state index in [1.807, 2.05) is 6.92 Å². The number of hydrogen-bond acceptors (Lipinski definition) is 5. The number of rotatable bonds is 6. The summed E-state index contributed by atoms with van der Waals surface area (Å²) in [6.45, 7) is 1.98. The third kappa shape index (κ3) is 4.56. The van der Waals surface area contributed by atoms with Gasteiger partial charge >= 0.3 is 0 Å². The Morgan fingerprint density at radius 1 is 1.30 bits per heavy atom. The van der Waals surface area contributed by atoms with Gasteiger partial charge in [-0.1, -0.05) is 25.8 Å². The number of benzene rings is 1. The van der Waals surface area contributed by atoms with Gasteiger partial charge in [-0.3, -0.25) is 4.79 Å². The summed E-state index contributed by atoms with van der Waals surface area (Å²) in [6.07, 6.45) is 4.51. The average molecular weight is 404 g/mol. The number of hydrogen-bond donors (Lipinski definition) is 2. The summed E-state index contributed by atoms with van der Waals surface area (Å²) in [5, 5.41) is 12.4. The van der Waals surface area contributed by atoms with Gasteiger partial charge in [0.25, 0.3) is 5.91 Å². The first-order chi connectivity index (χ1) is 12.9. The van der Waals surface area contributed by atoms with E-state index < -0.39 is 15.9 Å². The number of sulfonamides is 1. The second-order valence-electron chi connectivity index (χ2n) is 6.51. The second-order valence-corrected chi connectivity index (χ2v) is 9.36. The summed E-state index contributed by atoms with van der Waals surface area (Å²) in [5.74, 6) is -0.436. The summed E-state index contributed by atoms with van der Waals surface area (Å²) < 4.78 is 27.9. The standard InChI is InChI=1S/C19H21N3O3S2/c1-2-16-10-14(12-20)19(26-16)21-18(23)13-6-5-9-17(11-13)27(24,25)22-15-7-3-4-8-15/h5-6,9-11,15,22H,2-4,7-8H2,1H3,(H,21,23). The number of amides is 1. The first-order valence-electron chi connectivity index (χ1n) is 8.89. The lowest BCUT2D eigenvalue weighted by molar-refractivity contribution is 0.102. The summed E-state index contributed by atoms with van der Waals surface area (Å²) in [5.41, 5.74) is 0.650. The van der Waals surface area contributed by atoms with Crippen LogP contribution in [0, 0.1) is 11.3 Å². The highest BCUT2D eigenvalue weighted by Gasteiger charge is 2.23. The summed E-state index contributed by atoms with van der Waals surface area (Å²) in [6, 6.07) is 9.75. The number of thiophene rings is 1. The van der Waals surface area contributed by atoms with Crippen LogP contribution in [0.25, 0.3) is 0 Å². The molecule has 0 atom stereocenters. The van der Waals surface area contributed by atoms with Gasteiger partial charge in [0.2, 0.25) is 10.0 Å². The quantitative estimate of drug-likeness (QED) is 0.769. The Morgan fingerprint density at radius 2 is 2.04 bits per heavy atom. The molecular weight excluding hydrogens is 382 g/mol. The fourth-order valence-electron chi connectivity index (χ4n) is 3.10. The van der Waals surface area contributed by atoms with Gasteiger partial charge in [-0.05, 0) is 43.5 Å². The van der Waals surface area contributed by atoms with E-state index in [0.29, 0.717) is 10.6 Å². The van der Waals surface area contributed by atoms with Crippen molar-refractivity contribution >= 4 is 32.3 Å². The van der Waals surface area contributed by atoms with Crippen LogP contribution < -0.4 is 10.0 Å². The van der Waals surface area contributed by atoms with Gasteiger partial charge in [0.15, 0.2) is 0 Å². The minimum Gasteiger partial charge on any atom is -0.312 e. The van der Waals surface area contributed by atoms with Crippen molar-refractivity contribution in [1.29, 1.82) is 5.26 Å². The molecule has 1 saturated carbocycles. The molecule has 6 nitrogen and oxygen atoms in total. The van der Waals surface area contributed by atoms with Crippen molar-refractivity contribution in [3.05, 3.63) is 46.3 Å². The maximum absolute atomic E-state index is 12.6. The molecule has 142 valence electrons. The first kappa shape index (κ1) is 19.5. The van der Waals surface area contributed by atoms with Crippen LogP contribution >= 0.6 is 11.3 Å². The highest BCUT2D eigenvalue weighted by molar-refractivity contribution is 7.89. The van der Waals surface area contributed by atoms with E-state index in [2.05, 4.69) is 16.1 Å². The third-order valence-electron chi connectivity index (χ3n) is 4.56. The van der Waals surface area contributed by atoms with E-state index in [1.54, 1.807) is 18.2 Å². The van der Waals surface area contributed by atoms with Crippen LogP contribution in [0.5, 0.6) is 0 Å². The highest BCUT2D eigenvalue weighted by Crippen LogP contribution is 2.28. The number of nitrogens with zero attached hydrogens (tertiary/aromatic N) is 1. The lowest BCUT2D eigenvalue weighted by atomic mass is 10.2. The summed E-state index contributed by atoms with van der Waals surface area (Å²) >= 11 is 1.35. The number of nitrogens with one attached hydrogen (secondary N) is 2. The predicted molar refractivity (Wildman–Crippen MR) is 105 cm³/mol. The van der Waals surface area contributed by atoms with Gasteiger partial charge in [-0.25, -0.2) is 13.1 Å². The molecule has 2 N–H and O–H groups in total. The third-order valence-corrected chi connectivity index (χ3v) is 7.28. The van der Waals surface area contributed by atoms with Crippen molar-refractivity contribution in [2.75, 3.05) is 5.32 Å². The molecule has 0 unspecified atom stereocenters. The average Bonchev–Trinajstić information content (AvgIpc) is 3.30. The van der Waals surface area contributed by atoms with Crippen LogP contribution in [-0.4, -0.2) is 20.4 Å². The largest absolute Gasteiger partial charge is 0.312 e. The van der Waals surface area contributed by atoms with E-state index >= 15 is 0 Å². The van der Waals surface area contributed by atoms with Crippen molar-refractivity contribution in [3.63, 3.8) is 0 Å². The molecule has 1 aliphatic carbocycles. The number of anilines is 1. The molecular formula is C19H21N3O3S2. The Labute approximate surface area is 163 Å². The lowest BCUT2D eigenvalue weighted by Gasteiger charge is -2.13. The van der Waals surface area contributed by atoms with Crippen molar-refractivity contribution < 1.29 is 13.2 Å². The molecule has 1 heterocycles. The minimum absolute atomic E-state index is 0.0377. The van der Waals surface area contributed by atoms with Crippen LogP contribution in [0.2, 0.25) is 0 Å². The SMILES string of the molecule is CCc1cc(C#N)c(NC(=O)c2cccc(S(=O)(=O)NC3CCCC3)c2)s1. The molecule has 0 radical (unpaired) electrons. The smallest absolute Gasteiger partial charge is 0.256 e. The van der Waals surface area contributed by atoms with Crippen LogP contribution in [0.1, 0.15) is 53.4 Å². The van der Waals surface area contributed by atoms with Gasteiger partial charge in [-0.15, -0.1) is 11.3 Å². The number of carbonyl (C=O) groups excluding carboxylic acids is 1. The van der Waals surface area contributed by atoms with E-state index in [1.165, 1.54) is 23.5 Å². The van der Waals surface area contributed by atoms with Gasteiger partial charge in [0.1, 0.15) is 11.1 Å². The predicted octanol–water partition coefficient (Wildman–Crippen LogP) is 3.66. The molecule has 1 amide bonds. The summed E-state index contributed by atoms with van der Waals surface area (Å²) in [7, 11) is -3.66. The molecule has 1 fully saturated rings. The molecule has 0 spiro atoms. The molecule has 27 heavy (non-hydrogen) atoms. The van der Waals surface area contributed by atoms with E-state index in [4.69, 9.17) is 0 Å². The Morgan fingerprint density at radius 3 is 2.70 bits per heavy atom. The van der Waals surface area contributed by atoms with Gasteiger partial charge in [0, 0.05) is 16.5 Å². The van der Waals surface area contributed by atoms with E-state index in [0.717, 1.165) is 37.0 Å². The zero-order valence-corrected chi connectivity index (χ0v) is 16.6. The number of aryl methyl sites for hydroxylation is 1. The molecule has 8 heteroatoms. The topological polar surface area (TPSA) is 99.1 Å². The number of carbonyl (C=O) groups is 1. The fourth-order valence-corrected chi connectivity index (χ4v) is 5.40. The van der Waals surface area contributed by atoms with Crippen LogP contribution in [0.15, 0.2) is 35.2 Å². The molecule has 3 rings (SSSR count). The highest BCUT2D eigenvalue weighted by atomic mass is 32.2. The Balaban J connectivity index is 1.79. The zero-order valence-electron chi connectivity index (χ0n) is 15.0. The molecule has 0 aliphatic heterocycles. The Kier molecular flexibility index (Phi) is 5.95. The molecule has 2 aromatic rings.